The smallest absolute Gasteiger partial charge is 0.220 e. The van der Waals surface area contributed by atoms with Gasteiger partial charge in [0.2, 0.25) is 5.91 Å². The van der Waals surface area contributed by atoms with E-state index in [1.54, 1.807) is 42.5 Å². The quantitative estimate of drug-likeness (QED) is 0.832. The van der Waals surface area contributed by atoms with Gasteiger partial charge in [-0.3, -0.25) is 9.59 Å². The Morgan fingerprint density at radius 1 is 1.00 bits per heavy atom. The first-order valence-corrected chi connectivity index (χ1v) is 7.03. The Bertz CT molecular complexity index is 703. The van der Waals surface area contributed by atoms with Crippen LogP contribution in [0.25, 0.3) is 0 Å². The minimum absolute atomic E-state index is 0.0396. The number of hydrogen-bond donors (Lipinski definition) is 1. The second-order valence-electron chi connectivity index (χ2n) is 4.88. The molecule has 0 spiro atoms. The Balaban J connectivity index is 1.79. The summed E-state index contributed by atoms with van der Waals surface area (Å²) < 4.78 is 0. The van der Waals surface area contributed by atoms with Gasteiger partial charge in [0.25, 0.3) is 0 Å². The number of Topliss-reactive ketones (excluding diaryl/α,β-unsaturated/α-hetero) is 1. The fraction of sp³-hybridized carbons (Fsp3) is 0.167. The SMILES string of the molecule is N#Cc1cccc(CNC(=O)CCC(=O)c2ccccc2)c1. The second-order valence-corrected chi connectivity index (χ2v) is 4.88. The Hall–Kier alpha value is -2.93. The van der Waals surface area contributed by atoms with E-state index in [1.807, 2.05) is 12.1 Å². The van der Waals surface area contributed by atoms with Crippen LogP contribution in [0.3, 0.4) is 0 Å². The molecule has 4 nitrogen and oxygen atoms in total. The van der Waals surface area contributed by atoms with Crippen LogP contribution in [-0.2, 0) is 11.3 Å². The monoisotopic (exact) mass is 292 g/mol. The van der Waals surface area contributed by atoms with Gasteiger partial charge in [-0.2, -0.15) is 5.26 Å². The lowest BCUT2D eigenvalue weighted by atomic mass is 10.1. The molecule has 1 N–H and O–H groups in total. The third-order valence-corrected chi connectivity index (χ3v) is 3.22. The van der Waals surface area contributed by atoms with Crippen molar-refractivity contribution in [3.63, 3.8) is 0 Å². The second kappa shape index (κ2) is 7.75. The van der Waals surface area contributed by atoms with Gasteiger partial charge in [-0.15, -0.1) is 0 Å². The van der Waals surface area contributed by atoms with Gasteiger partial charge < -0.3 is 5.32 Å². The van der Waals surface area contributed by atoms with Crippen LogP contribution in [0.4, 0.5) is 0 Å². The maximum Gasteiger partial charge on any atom is 0.220 e. The van der Waals surface area contributed by atoms with Gasteiger partial charge in [0, 0.05) is 24.9 Å². The van der Waals surface area contributed by atoms with E-state index in [9.17, 15) is 9.59 Å². The lowest BCUT2D eigenvalue weighted by molar-refractivity contribution is -0.121. The van der Waals surface area contributed by atoms with Crippen LogP contribution >= 0.6 is 0 Å². The van der Waals surface area contributed by atoms with Gasteiger partial charge >= 0.3 is 0 Å². The van der Waals surface area contributed by atoms with E-state index in [1.165, 1.54) is 0 Å². The standard InChI is InChI=1S/C18H16N2O2/c19-12-14-5-4-6-15(11-14)13-20-18(22)10-9-17(21)16-7-2-1-3-8-16/h1-8,11H,9-10,13H2,(H,20,22). The highest BCUT2D eigenvalue weighted by atomic mass is 16.2. The summed E-state index contributed by atoms with van der Waals surface area (Å²) in [5, 5.41) is 11.6. The van der Waals surface area contributed by atoms with E-state index < -0.39 is 0 Å². The van der Waals surface area contributed by atoms with Crippen LogP contribution in [0.5, 0.6) is 0 Å². The predicted octanol–water partition coefficient (Wildman–Crippen LogP) is 2.84. The minimum Gasteiger partial charge on any atom is -0.352 e. The fourth-order valence-corrected chi connectivity index (χ4v) is 2.04. The summed E-state index contributed by atoms with van der Waals surface area (Å²) in [6.45, 7) is 0.355. The molecule has 2 aromatic carbocycles. The van der Waals surface area contributed by atoms with Crippen molar-refractivity contribution in [1.29, 1.82) is 5.26 Å². The number of carbonyl (C=O) groups excluding carboxylic acids is 2. The molecule has 0 radical (unpaired) electrons. The zero-order valence-electron chi connectivity index (χ0n) is 12.1. The normalized spacial score (nSPS) is 9.77. The van der Waals surface area contributed by atoms with Crippen molar-refractivity contribution in [2.75, 3.05) is 0 Å². The molecule has 0 unspecified atom stereocenters. The molecule has 110 valence electrons. The summed E-state index contributed by atoms with van der Waals surface area (Å²) >= 11 is 0. The van der Waals surface area contributed by atoms with E-state index >= 15 is 0 Å². The van der Waals surface area contributed by atoms with E-state index in [2.05, 4.69) is 11.4 Å². The molecule has 0 aromatic heterocycles. The van der Waals surface area contributed by atoms with Crippen LogP contribution < -0.4 is 5.32 Å². The first-order chi connectivity index (χ1) is 10.7. The van der Waals surface area contributed by atoms with Crippen molar-refractivity contribution >= 4 is 11.7 Å². The summed E-state index contributed by atoms with van der Waals surface area (Å²) in [6, 6.07) is 18.1. The summed E-state index contributed by atoms with van der Waals surface area (Å²) in [5.74, 6) is -0.214. The molecular formula is C18H16N2O2. The number of benzene rings is 2. The van der Waals surface area contributed by atoms with Crippen molar-refractivity contribution < 1.29 is 9.59 Å². The molecule has 2 aromatic rings. The fourth-order valence-electron chi connectivity index (χ4n) is 2.04. The predicted molar refractivity (Wildman–Crippen MR) is 83.0 cm³/mol. The molecule has 4 heteroatoms. The molecule has 2 rings (SSSR count). The van der Waals surface area contributed by atoms with Crippen molar-refractivity contribution in [1.82, 2.24) is 5.32 Å². The lowest BCUT2D eigenvalue weighted by Gasteiger charge is -2.05. The minimum atomic E-state index is -0.174. The molecule has 0 aliphatic heterocycles. The van der Waals surface area contributed by atoms with Crippen molar-refractivity contribution in [3.05, 3.63) is 71.3 Å². The zero-order chi connectivity index (χ0) is 15.8. The average molecular weight is 292 g/mol. The lowest BCUT2D eigenvalue weighted by Crippen LogP contribution is -2.23. The number of rotatable bonds is 6. The first kappa shape index (κ1) is 15.5. The number of carbonyl (C=O) groups is 2. The van der Waals surface area contributed by atoms with Crippen LogP contribution in [0.2, 0.25) is 0 Å². The Labute approximate surface area is 129 Å². The number of nitriles is 1. The van der Waals surface area contributed by atoms with E-state index in [4.69, 9.17) is 5.26 Å². The largest absolute Gasteiger partial charge is 0.352 e. The number of nitrogens with one attached hydrogen (secondary N) is 1. The Kier molecular flexibility index (Phi) is 5.44. The highest BCUT2D eigenvalue weighted by molar-refractivity contribution is 5.97. The maximum atomic E-state index is 11.9. The van der Waals surface area contributed by atoms with Crippen LogP contribution in [-0.4, -0.2) is 11.7 Å². The van der Waals surface area contributed by atoms with Gasteiger partial charge in [-0.1, -0.05) is 42.5 Å². The van der Waals surface area contributed by atoms with E-state index in [0.29, 0.717) is 17.7 Å². The first-order valence-electron chi connectivity index (χ1n) is 7.03. The van der Waals surface area contributed by atoms with Gasteiger partial charge in [0.15, 0.2) is 5.78 Å². The van der Waals surface area contributed by atoms with Gasteiger partial charge in [-0.05, 0) is 17.7 Å². The maximum absolute atomic E-state index is 11.9. The van der Waals surface area contributed by atoms with Crippen LogP contribution in [0.1, 0.15) is 34.3 Å². The third-order valence-electron chi connectivity index (χ3n) is 3.22. The Morgan fingerprint density at radius 2 is 1.77 bits per heavy atom. The van der Waals surface area contributed by atoms with Crippen molar-refractivity contribution in [2.45, 2.75) is 19.4 Å². The third kappa shape index (κ3) is 4.57. The molecule has 0 bridgehead atoms. The van der Waals surface area contributed by atoms with Crippen molar-refractivity contribution in [3.8, 4) is 6.07 Å². The van der Waals surface area contributed by atoms with Gasteiger partial charge in [0.1, 0.15) is 0 Å². The molecule has 0 fully saturated rings. The molecule has 0 aliphatic carbocycles. The summed E-state index contributed by atoms with van der Waals surface area (Å²) in [6.07, 6.45) is 0.347. The molecular weight excluding hydrogens is 276 g/mol. The molecule has 0 atom stereocenters. The molecule has 0 aliphatic rings. The van der Waals surface area contributed by atoms with Crippen LogP contribution in [0.15, 0.2) is 54.6 Å². The number of nitrogens with zero attached hydrogens (tertiary/aromatic N) is 1. The summed E-state index contributed by atoms with van der Waals surface area (Å²) in [7, 11) is 0. The molecule has 0 saturated heterocycles. The highest BCUT2D eigenvalue weighted by Gasteiger charge is 2.08. The summed E-state index contributed by atoms with van der Waals surface area (Å²) in [4.78, 5) is 23.7. The molecule has 1 amide bonds. The Morgan fingerprint density at radius 3 is 2.50 bits per heavy atom. The van der Waals surface area contributed by atoms with Crippen molar-refractivity contribution in [2.24, 2.45) is 0 Å². The molecule has 0 saturated carbocycles. The summed E-state index contributed by atoms with van der Waals surface area (Å²) in [5.41, 5.74) is 2.05. The number of amides is 1. The van der Waals surface area contributed by atoms with E-state index in [0.717, 1.165) is 5.56 Å². The molecule has 22 heavy (non-hydrogen) atoms. The zero-order valence-corrected chi connectivity index (χ0v) is 12.1. The van der Waals surface area contributed by atoms with Gasteiger partial charge in [0.05, 0.1) is 11.6 Å². The molecule has 0 heterocycles. The highest BCUT2D eigenvalue weighted by Crippen LogP contribution is 2.06. The number of hydrogen-bond acceptors (Lipinski definition) is 3. The topological polar surface area (TPSA) is 70.0 Å². The average Bonchev–Trinajstić information content (AvgIpc) is 2.58. The van der Waals surface area contributed by atoms with E-state index in [-0.39, 0.29) is 24.5 Å². The van der Waals surface area contributed by atoms with Crippen LogP contribution in [0, 0.1) is 11.3 Å². The van der Waals surface area contributed by atoms with Gasteiger partial charge in [-0.25, -0.2) is 0 Å². The number of ketones is 1.